The predicted molar refractivity (Wildman–Crippen MR) is 102 cm³/mol. The van der Waals surface area contributed by atoms with E-state index in [4.69, 9.17) is 9.16 Å². The molecule has 2 rings (SSSR count). The van der Waals surface area contributed by atoms with Crippen LogP contribution in [0.4, 0.5) is 4.79 Å². The maximum Gasteiger partial charge on any atom is 0.417 e. The molecular formula is C18H29NO4SSi. The van der Waals surface area contributed by atoms with E-state index in [-0.39, 0.29) is 11.9 Å². The van der Waals surface area contributed by atoms with Crippen molar-refractivity contribution in [3.63, 3.8) is 0 Å². The molecule has 0 radical (unpaired) electrons. The Morgan fingerprint density at radius 1 is 1.24 bits per heavy atom. The summed E-state index contributed by atoms with van der Waals surface area (Å²) in [6, 6.07) is 6.40. The maximum absolute atomic E-state index is 12.7. The minimum atomic E-state index is -1.95. The molecular weight excluding hydrogens is 354 g/mol. The summed E-state index contributed by atoms with van der Waals surface area (Å²) in [5.41, 5.74) is -0.641. The third kappa shape index (κ3) is 4.15. The highest BCUT2D eigenvalue weighted by Gasteiger charge is 2.56. The summed E-state index contributed by atoms with van der Waals surface area (Å²) in [6.45, 7) is 11.8. The second-order valence-electron chi connectivity index (χ2n) is 7.43. The fourth-order valence-electron chi connectivity index (χ4n) is 3.10. The van der Waals surface area contributed by atoms with Crippen molar-refractivity contribution in [2.75, 3.05) is 0 Å². The Morgan fingerprint density at radius 3 is 2.28 bits per heavy atom. The molecule has 0 aromatic carbocycles. The van der Waals surface area contributed by atoms with E-state index in [0.717, 1.165) is 23.0 Å². The van der Waals surface area contributed by atoms with Crippen molar-refractivity contribution < 1.29 is 18.8 Å². The van der Waals surface area contributed by atoms with E-state index in [1.165, 1.54) is 16.2 Å². The van der Waals surface area contributed by atoms with Gasteiger partial charge in [-0.3, -0.25) is 4.79 Å². The predicted octanol–water partition coefficient (Wildman–Crippen LogP) is 4.96. The summed E-state index contributed by atoms with van der Waals surface area (Å²) in [6.07, 6.45) is -1.16. The van der Waals surface area contributed by atoms with Crippen LogP contribution >= 0.6 is 11.3 Å². The largest absolute Gasteiger partial charge is 0.443 e. The molecule has 5 nitrogen and oxygen atoms in total. The van der Waals surface area contributed by atoms with E-state index in [2.05, 4.69) is 20.8 Å². The molecule has 2 atom stereocenters. The van der Waals surface area contributed by atoms with E-state index in [1.807, 2.05) is 17.5 Å². The number of hydrogen-bond donors (Lipinski definition) is 0. The van der Waals surface area contributed by atoms with Crippen LogP contribution in [0.15, 0.2) is 17.5 Å². The van der Waals surface area contributed by atoms with Gasteiger partial charge in [0.25, 0.3) is 5.91 Å². The number of imide groups is 1. The second kappa shape index (κ2) is 7.59. The first-order chi connectivity index (χ1) is 11.7. The van der Waals surface area contributed by atoms with E-state index in [9.17, 15) is 9.59 Å². The van der Waals surface area contributed by atoms with Crippen molar-refractivity contribution in [2.24, 2.45) is 0 Å². The summed E-state index contributed by atoms with van der Waals surface area (Å²) in [5.74, 6) is -0.278. The van der Waals surface area contributed by atoms with Gasteiger partial charge in [-0.25, -0.2) is 9.69 Å². The molecule has 1 aromatic heterocycles. The normalized spacial score (nSPS) is 21.2. The number of thiophene rings is 1. The lowest BCUT2D eigenvalue weighted by Crippen LogP contribution is -2.65. The molecule has 0 aliphatic carbocycles. The molecule has 2 heterocycles. The Labute approximate surface area is 155 Å². The van der Waals surface area contributed by atoms with Crippen LogP contribution in [0.1, 0.15) is 52.5 Å². The van der Waals surface area contributed by atoms with Gasteiger partial charge in [0.1, 0.15) is 11.6 Å². The molecule has 1 fully saturated rings. The Hall–Kier alpha value is -1.18. The number of carbonyl (C=O) groups is 2. The van der Waals surface area contributed by atoms with Crippen LogP contribution in [-0.2, 0) is 14.0 Å². The number of nitrogens with zero attached hydrogens (tertiary/aromatic N) is 1. The Kier molecular flexibility index (Phi) is 6.12. The average Bonchev–Trinajstić information content (AvgIpc) is 3.05. The molecule has 140 valence electrons. The third-order valence-electron chi connectivity index (χ3n) is 4.78. The van der Waals surface area contributed by atoms with E-state index in [1.54, 1.807) is 20.8 Å². The molecule has 1 saturated heterocycles. The van der Waals surface area contributed by atoms with Crippen LogP contribution in [0, 0.1) is 0 Å². The van der Waals surface area contributed by atoms with Crippen molar-refractivity contribution >= 4 is 31.7 Å². The second-order valence-corrected chi connectivity index (χ2v) is 13.1. The lowest BCUT2D eigenvalue weighted by Gasteiger charge is -2.48. The van der Waals surface area contributed by atoms with Gasteiger partial charge in [-0.15, -0.1) is 11.3 Å². The first-order valence-electron chi connectivity index (χ1n) is 8.95. The first kappa shape index (κ1) is 20.1. The smallest absolute Gasteiger partial charge is 0.417 e. The van der Waals surface area contributed by atoms with E-state index < -0.39 is 26.1 Å². The van der Waals surface area contributed by atoms with Crippen LogP contribution in [0.25, 0.3) is 0 Å². The number of β-lactam (4-membered cyclic amide) rings is 1. The highest BCUT2D eigenvalue weighted by Crippen LogP contribution is 2.42. The zero-order valence-corrected chi connectivity index (χ0v) is 17.8. The van der Waals surface area contributed by atoms with Gasteiger partial charge in [0.05, 0.1) is 0 Å². The highest BCUT2D eigenvalue weighted by atomic mass is 32.1. The van der Waals surface area contributed by atoms with Crippen LogP contribution < -0.4 is 0 Å². The molecule has 1 aliphatic rings. The van der Waals surface area contributed by atoms with Crippen molar-refractivity contribution in [1.29, 1.82) is 0 Å². The Bertz CT molecular complexity index is 599. The number of rotatable bonds is 6. The fraction of sp³-hybridized carbons (Fsp3) is 0.667. The van der Waals surface area contributed by atoms with E-state index >= 15 is 0 Å². The Balaban J connectivity index is 2.27. The highest BCUT2D eigenvalue weighted by molar-refractivity contribution is 7.10. The van der Waals surface area contributed by atoms with Crippen molar-refractivity contribution in [3.8, 4) is 0 Å². The fourth-order valence-corrected chi connectivity index (χ4v) is 6.71. The number of likely N-dealkylation sites (tertiary alicyclic amines) is 1. The summed E-state index contributed by atoms with van der Waals surface area (Å²) in [5, 5.41) is 1.95. The number of carbonyl (C=O) groups excluding carboxylic acids is 2. The first-order valence-corrected chi connectivity index (χ1v) is 12.4. The topological polar surface area (TPSA) is 55.8 Å². The van der Waals surface area contributed by atoms with Gasteiger partial charge in [0.2, 0.25) is 0 Å². The number of ether oxygens (including phenoxy) is 1. The molecule has 0 bridgehead atoms. The standard InChI is InChI=1S/C18H29NO4SSi/c1-7-25(8-2,9-3)23-15-14(13-11-10-12-24-13)19(16(15)20)17(21)22-18(4,5)6/h10-12,14-15H,7-9H2,1-6H3. The van der Waals surface area contributed by atoms with E-state index in [0.29, 0.717) is 0 Å². The van der Waals surface area contributed by atoms with Crippen molar-refractivity contribution in [1.82, 2.24) is 4.90 Å². The minimum absolute atomic E-state index is 0.278. The van der Waals surface area contributed by atoms with Gasteiger partial charge in [0.15, 0.2) is 14.4 Å². The molecule has 0 N–H and O–H groups in total. The average molecular weight is 384 g/mol. The third-order valence-corrected chi connectivity index (χ3v) is 10.3. The molecule has 1 aromatic rings. The van der Waals surface area contributed by atoms with Crippen molar-refractivity contribution in [3.05, 3.63) is 22.4 Å². The SMILES string of the molecule is CC[Si](CC)(CC)OC1C(=O)N(C(=O)OC(C)(C)C)C1c1cccs1. The lowest BCUT2D eigenvalue weighted by molar-refractivity contribution is -0.162. The van der Waals surface area contributed by atoms with Crippen molar-refractivity contribution in [2.45, 2.75) is 77.4 Å². The molecule has 0 saturated carbocycles. The van der Waals surface area contributed by atoms with Crippen LogP contribution in [0.3, 0.4) is 0 Å². The van der Waals surface area contributed by atoms with Gasteiger partial charge in [-0.05, 0) is 50.3 Å². The zero-order chi connectivity index (χ0) is 18.8. The molecule has 25 heavy (non-hydrogen) atoms. The number of amides is 2. The molecule has 1 aliphatic heterocycles. The Morgan fingerprint density at radius 2 is 1.84 bits per heavy atom. The molecule has 2 unspecified atom stereocenters. The molecule has 7 heteroatoms. The summed E-state index contributed by atoms with van der Waals surface area (Å²) < 4.78 is 11.9. The lowest BCUT2D eigenvalue weighted by atomic mass is 9.97. The summed E-state index contributed by atoms with van der Waals surface area (Å²) in [7, 11) is -1.95. The van der Waals surface area contributed by atoms with Crippen LogP contribution in [-0.4, -0.2) is 36.9 Å². The molecule has 0 spiro atoms. The van der Waals surface area contributed by atoms with Crippen LogP contribution in [0.5, 0.6) is 0 Å². The minimum Gasteiger partial charge on any atom is -0.443 e. The monoisotopic (exact) mass is 383 g/mol. The summed E-state index contributed by atoms with van der Waals surface area (Å²) in [4.78, 5) is 27.5. The van der Waals surface area contributed by atoms with Crippen LogP contribution in [0.2, 0.25) is 18.1 Å². The quantitative estimate of drug-likeness (QED) is 0.515. The van der Waals surface area contributed by atoms with Gasteiger partial charge in [-0.1, -0.05) is 26.8 Å². The maximum atomic E-state index is 12.7. The van der Waals surface area contributed by atoms with Gasteiger partial charge >= 0.3 is 6.09 Å². The molecule has 2 amide bonds. The summed E-state index contributed by atoms with van der Waals surface area (Å²) >= 11 is 1.53. The number of hydrogen-bond acceptors (Lipinski definition) is 5. The van der Waals surface area contributed by atoms with Gasteiger partial charge in [-0.2, -0.15) is 0 Å². The zero-order valence-electron chi connectivity index (χ0n) is 16.0. The van der Waals surface area contributed by atoms with Gasteiger partial charge < -0.3 is 9.16 Å². The van der Waals surface area contributed by atoms with Gasteiger partial charge in [0, 0.05) is 4.88 Å².